The second-order valence-corrected chi connectivity index (χ2v) is 8.17. The molecule has 0 spiro atoms. The lowest BCUT2D eigenvalue weighted by Crippen LogP contribution is -2.52. The predicted molar refractivity (Wildman–Crippen MR) is 92.7 cm³/mol. The summed E-state index contributed by atoms with van der Waals surface area (Å²) in [6.07, 6.45) is 7.59. The fourth-order valence-electron chi connectivity index (χ4n) is 3.75. The third-order valence-electron chi connectivity index (χ3n) is 5.25. The van der Waals surface area contributed by atoms with E-state index in [1.165, 1.54) is 61.4 Å². The van der Waals surface area contributed by atoms with Crippen LogP contribution in [0.3, 0.4) is 0 Å². The molecular weight excluding hydrogens is 292 g/mol. The average Bonchev–Trinajstić information content (AvgIpc) is 2.54. The Hall–Kier alpha value is -0.810. The van der Waals surface area contributed by atoms with Crippen LogP contribution in [0.5, 0.6) is 0 Å². The highest BCUT2D eigenvalue weighted by Crippen LogP contribution is 2.27. The normalized spacial score (nSPS) is 23.2. The van der Waals surface area contributed by atoms with Crippen molar-refractivity contribution in [3.63, 3.8) is 0 Å². The third-order valence-corrected chi connectivity index (χ3v) is 6.30. The van der Waals surface area contributed by atoms with Crippen molar-refractivity contribution in [2.75, 3.05) is 36.0 Å². The van der Waals surface area contributed by atoms with Crippen LogP contribution in [-0.2, 0) is 12.8 Å². The maximum atomic E-state index is 4.46. The molecule has 22 heavy (non-hydrogen) atoms. The first-order valence-electron chi connectivity index (χ1n) is 8.80. The maximum Gasteiger partial charge on any atom is 0.151 e. The standard InChI is InChI=1S/C17H26N4S/c1-2-4-16-14(3-1)9-17(20-19-16)21-11-13(12-21)10-18-15-5-7-22-8-6-15/h9,13,15,18H,1-8,10-12H2. The van der Waals surface area contributed by atoms with Crippen LogP contribution in [0.1, 0.15) is 36.9 Å². The van der Waals surface area contributed by atoms with E-state index in [0.717, 1.165) is 37.3 Å². The number of aryl methyl sites for hydroxylation is 2. The van der Waals surface area contributed by atoms with Crippen molar-refractivity contribution in [3.05, 3.63) is 17.3 Å². The minimum atomic E-state index is 0.763. The summed E-state index contributed by atoms with van der Waals surface area (Å²) < 4.78 is 0. The monoisotopic (exact) mass is 318 g/mol. The quantitative estimate of drug-likeness (QED) is 0.922. The highest BCUT2D eigenvalue weighted by atomic mass is 32.2. The van der Waals surface area contributed by atoms with E-state index in [4.69, 9.17) is 0 Å². The number of thioether (sulfide) groups is 1. The summed E-state index contributed by atoms with van der Waals surface area (Å²) >= 11 is 2.10. The van der Waals surface area contributed by atoms with Crippen LogP contribution in [0.25, 0.3) is 0 Å². The lowest BCUT2D eigenvalue weighted by Gasteiger charge is -2.41. The summed E-state index contributed by atoms with van der Waals surface area (Å²) in [7, 11) is 0. The molecule has 3 aliphatic rings. The molecule has 1 N–H and O–H groups in total. The molecule has 0 atom stereocenters. The molecule has 0 saturated carbocycles. The summed E-state index contributed by atoms with van der Waals surface area (Å²) in [6.45, 7) is 3.45. The number of hydrogen-bond donors (Lipinski definition) is 1. The van der Waals surface area contributed by atoms with Crippen LogP contribution in [0, 0.1) is 5.92 Å². The number of anilines is 1. The van der Waals surface area contributed by atoms with Crippen molar-refractivity contribution in [3.8, 4) is 0 Å². The van der Waals surface area contributed by atoms with Crippen molar-refractivity contribution in [2.45, 2.75) is 44.6 Å². The number of aromatic nitrogens is 2. The van der Waals surface area contributed by atoms with Gasteiger partial charge in [0.15, 0.2) is 5.82 Å². The third kappa shape index (κ3) is 3.25. The zero-order chi connectivity index (χ0) is 14.8. The van der Waals surface area contributed by atoms with Gasteiger partial charge in [0.05, 0.1) is 5.69 Å². The summed E-state index contributed by atoms with van der Waals surface area (Å²) in [6, 6.07) is 3.06. The Labute approximate surface area is 137 Å². The van der Waals surface area contributed by atoms with Crippen molar-refractivity contribution in [2.24, 2.45) is 5.92 Å². The Kier molecular flexibility index (Phi) is 4.53. The molecule has 2 saturated heterocycles. The van der Waals surface area contributed by atoms with E-state index in [2.05, 4.69) is 38.2 Å². The lowest BCUT2D eigenvalue weighted by molar-refractivity contribution is 0.351. The van der Waals surface area contributed by atoms with Crippen molar-refractivity contribution >= 4 is 17.6 Å². The average molecular weight is 318 g/mol. The molecule has 4 rings (SSSR count). The molecular formula is C17H26N4S. The molecule has 120 valence electrons. The van der Waals surface area contributed by atoms with E-state index in [-0.39, 0.29) is 0 Å². The van der Waals surface area contributed by atoms with Crippen molar-refractivity contribution in [1.29, 1.82) is 0 Å². The minimum absolute atomic E-state index is 0.763. The molecule has 1 aromatic heterocycles. The zero-order valence-electron chi connectivity index (χ0n) is 13.3. The van der Waals surface area contributed by atoms with Gasteiger partial charge in [-0.1, -0.05) is 0 Å². The molecule has 0 radical (unpaired) electrons. The smallest absolute Gasteiger partial charge is 0.151 e. The summed E-state index contributed by atoms with van der Waals surface area (Å²) in [5.41, 5.74) is 2.68. The fourth-order valence-corrected chi connectivity index (χ4v) is 4.86. The predicted octanol–water partition coefficient (Wildman–Crippen LogP) is 2.28. The van der Waals surface area contributed by atoms with Gasteiger partial charge < -0.3 is 10.2 Å². The zero-order valence-corrected chi connectivity index (χ0v) is 14.1. The molecule has 1 aromatic rings. The Morgan fingerprint density at radius 3 is 2.82 bits per heavy atom. The van der Waals surface area contributed by atoms with Crippen LogP contribution < -0.4 is 10.2 Å². The van der Waals surface area contributed by atoms with Gasteiger partial charge >= 0.3 is 0 Å². The molecule has 5 heteroatoms. The number of fused-ring (bicyclic) bond motifs is 1. The van der Waals surface area contributed by atoms with Crippen LogP contribution in [0.15, 0.2) is 6.07 Å². The number of hydrogen-bond acceptors (Lipinski definition) is 5. The molecule has 2 aliphatic heterocycles. The second-order valence-electron chi connectivity index (χ2n) is 6.95. The molecule has 2 fully saturated rings. The Morgan fingerprint density at radius 2 is 1.95 bits per heavy atom. The van der Waals surface area contributed by atoms with Gasteiger partial charge in [0.25, 0.3) is 0 Å². The van der Waals surface area contributed by atoms with E-state index in [1.807, 2.05) is 0 Å². The molecule has 0 unspecified atom stereocenters. The lowest BCUT2D eigenvalue weighted by atomic mass is 9.95. The van der Waals surface area contributed by atoms with Gasteiger partial charge in [-0.3, -0.25) is 0 Å². The van der Waals surface area contributed by atoms with Crippen molar-refractivity contribution < 1.29 is 0 Å². The van der Waals surface area contributed by atoms with Crippen molar-refractivity contribution in [1.82, 2.24) is 15.5 Å². The first-order valence-corrected chi connectivity index (χ1v) is 9.95. The second kappa shape index (κ2) is 6.75. The maximum absolute atomic E-state index is 4.46. The van der Waals surface area contributed by atoms with Crippen LogP contribution in [0.4, 0.5) is 5.82 Å². The van der Waals surface area contributed by atoms with Crippen LogP contribution in [0.2, 0.25) is 0 Å². The van der Waals surface area contributed by atoms with Crippen LogP contribution in [-0.4, -0.2) is 47.4 Å². The van der Waals surface area contributed by atoms with Gasteiger partial charge in [0, 0.05) is 31.6 Å². The van der Waals surface area contributed by atoms with Gasteiger partial charge in [-0.15, -0.1) is 5.10 Å². The van der Waals surface area contributed by atoms with Gasteiger partial charge in [-0.25, -0.2) is 0 Å². The fraction of sp³-hybridized carbons (Fsp3) is 0.765. The summed E-state index contributed by atoms with van der Waals surface area (Å²) in [4.78, 5) is 2.39. The molecule has 0 aromatic carbocycles. The van der Waals surface area contributed by atoms with Gasteiger partial charge in [-0.2, -0.15) is 16.9 Å². The summed E-state index contributed by atoms with van der Waals surface area (Å²) in [5.74, 6) is 4.55. The van der Waals surface area contributed by atoms with Crippen LogP contribution >= 0.6 is 11.8 Å². The minimum Gasteiger partial charge on any atom is -0.354 e. The first kappa shape index (κ1) is 14.8. The Balaban J connectivity index is 1.26. The van der Waals surface area contributed by atoms with E-state index in [1.54, 1.807) is 0 Å². The first-order chi connectivity index (χ1) is 10.9. The number of rotatable bonds is 4. The van der Waals surface area contributed by atoms with E-state index in [0.29, 0.717) is 0 Å². The SMILES string of the molecule is c1c(N2CC(CNC3CCSCC3)C2)nnc2c1CCCC2. The van der Waals surface area contributed by atoms with Gasteiger partial charge in [-0.05, 0) is 61.7 Å². The highest BCUT2D eigenvalue weighted by molar-refractivity contribution is 7.99. The topological polar surface area (TPSA) is 41.0 Å². The molecule has 0 amide bonds. The number of nitrogens with one attached hydrogen (secondary N) is 1. The molecule has 0 bridgehead atoms. The molecule has 1 aliphatic carbocycles. The van der Waals surface area contributed by atoms with E-state index < -0.39 is 0 Å². The van der Waals surface area contributed by atoms with Gasteiger partial charge in [0.1, 0.15) is 0 Å². The van der Waals surface area contributed by atoms with E-state index in [9.17, 15) is 0 Å². The largest absolute Gasteiger partial charge is 0.354 e. The Morgan fingerprint density at radius 1 is 1.14 bits per heavy atom. The molecule has 3 heterocycles. The molecule has 4 nitrogen and oxygen atoms in total. The summed E-state index contributed by atoms with van der Waals surface area (Å²) in [5, 5.41) is 12.7. The van der Waals surface area contributed by atoms with E-state index >= 15 is 0 Å². The number of nitrogens with zero attached hydrogens (tertiary/aromatic N) is 3. The van der Waals surface area contributed by atoms with Gasteiger partial charge in [0.2, 0.25) is 0 Å². The Bertz CT molecular complexity index is 509. The highest BCUT2D eigenvalue weighted by Gasteiger charge is 2.29.